The molecule has 6 nitrogen and oxygen atoms in total. The quantitative estimate of drug-likeness (QED) is 0.510. The lowest BCUT2D eigenvalue weighted by Gasteiger charge is -2.27. The fourth-order valence-electron chi connectivity index (χ4n) is 3.14. The van der Waals surface area contributed by atoms with Crippen molar-refractivity contribution in [3.63, 3.8) is 0 Å². The molecular formula is C22H28N2O4. The topological polar surface area (TPSA) is 94.6 Å². The molecule has 150 valence electrons. The first-order valence-corrected chi connectivity index (χ1v) is 9.65. The summed E-state index contributed by atoms with van der Waals surface area (Å²) in [6.45, 7) is 7.04. The summed E-state index contributed by atoms with van der Waals surface area (Å²) in [5.41, 5.74) is 8.22. The van der Waals surface area contributed by atoms with Crippen LogP contribution in [0.4, 0.5) is 0 Å². The van der Waals surface area contributed by atoms with Crippen molar-refractivity contribution in [2.45, 2.75) is 52.6 Å². The lowest BCUT2D eigenvalue weighted by molar-refractivity contribution is -0.139. The second kappa shape index (κ2) is 10.5. The predicted octanol–water partition coefficient (Wildman–Crippen LogP) is 4.04. The van der Waals surface area contributed by atoms with Crippen LogP contribution in [0, 0.1) is 11.3 Å². The first kappa shape index (κ1) is 21.5. The summed E-state index contributed by atoms with van der Waals surface area (Å²) in [5, 5.41) is 9.59. The van der Waals surface area contributed by atoms with E-state index in [4.69, 9.17) is 19.9 Å². The minimum absolute atomic E-state index is 0.0152. The van der Waals surface area contributed by atoms with Gasteiger partial charge in [0.2, 0.25) is 5.88 Å². The van der Waals surface area contributed by atoms with E-state index in [9.17, 15) is 10.1 Å². The molecule has 0 aromatic heterocycles. The Labute approximate surface area is 166 Å². The monoisotopic (exact) mass is 384 g/mol. The van der Waals surface area contributed by atoms with Crippen molar-refractivity contribution < 1.29 is 19.0 Å². The molecule has 2 N–H and O–H groups in total. The highest BCUT2D eigenvalue weighted by molar-refractivity contribution is 5.92. The normalized spacial score (nSPS) is 16.6. The number of unbranched alkanes of at least 4 members (excludes halogenated alkanes) is 2. The Hall–Kier alpha value is -2.78. The van der Waals surface area contributed by atoms with Gasteiger partial charge < -0.3 is 19.9 Å². The molecule has 28 heavy (non-hydrogen) atoms. The minimum Gasteiger partial charge on any atom is -0.463 e. The smallest absolute Gasteiger partial charge is 0.338 e. The minimum atomic E-state index is -0.614. The molecule has 1 aliphatic rings. The first-order chi connectivity index (χ1) is 13.5. The van der Waals surface area contributed by atoms with Gasteiger partial charge in [-0.15, -0.1) is 0 Å². The second-order valence-electron chi connectivity index (χ2n) is 6.62. The molecule has 0 aliphatic carbocycles. The molecule has 0 radical (unpaired) electrons. The largest absolute Gasteiger partial charge is 0.463 e. The Morgan fingerprint density at radius 2 is 1.96 bits per heavy atom. The van der Waals surface area contributed by atoms with Gasteiger partial charge in [0.25, 0.3) is 0 Å². The van der Waals surface area contributed by atoms with Crippen LogP contribution >= 0.6 is 0 Å². The fourth-order valence-corrected chi connectivity index (χ4v) is 3.14. The first-order valence-electron chi connectivity index (χ1n) is 9.65. The highest BCUT2D eigenvalue weighted by Gasteiger charge is 2.36. The van der Waals surface area contributed by atoms with E-state index in [1.54, 1.807) is 13.8 Å². The van der Waals surface area contributed by atoms with Crippen LogP contribution in [0.25, 0.3) is 0 Å². The number of hydrogen-bond donors (Lipinski definition) is 1. The summed E-state index contributed by atoms with van der Waals surface area (Å²) in [6, 6.07) is 9.73. The summed E-state index contributed by atoms with van der Waals surface area (Å²) in [6.07, 6.45) is 3.38. The van der Waals surface area contributed by atoms with E-state index in [2.05, 4.69) is 13.0 Å². The van der Waals surface area contributed by atoms with Crippen molar-refractivity contribution >= 4 is 5.97 Å². The van der Waals surface area contributed by atoms with Gasteiger partial charge in [-0.2, -0.15) is 5.26 Å². The Morgan fingerprint density at radius 3 is 2.57 bits per heavy atom. The van der Waals surface area contributed by atoms with Gasteiger partial charge in [-0.1, -0.05) is 44.0 Å². The standard InChI is InChI=1S/C22H28N2O4/c1-4-6-7-12-26-14-16-8-10-17(11-9-16)20-18(13-23)21(24)28-15(3)19(20)22(25)27-5-2/h8-11,20H,4-7,12,14,24H2,1-3H3. The van der Waals surface area contributed by atoms with Gasteiger partial charge in [0.1, 0.15) is 17.4 Å². The molecule has 1 atom stereocenters. The average molecular weight is 384 g/mol. The summed E-state index contributed by atoms with van der Waals surface area (Å²) in [7, 11) is 0. The maximum atomic E-state index is 12.5. The molecule has 1 aliphatic heterocycles. The van der Waals surface area contributed by atoms with Crippen LogP contribution in [0.5, 0.6) is 0 Å². The van der Waals surface area contributed by atoms with Crippen molar-refractivity contribution in [2.24, 2.45) is 5.73 Å². The van der Waals surface area contributed by atoms with Crippen molar-refractivity contribution in [3.8, 4) is 6.07 Å². The van der Waals surface area contributed by atoms with Crippen LogP contribution in [0.1, 0.15) is 57.1 Å². The van der Waals surface area contributed by atoms with Gasteiger partial charge in [0.05, 0.1) is 24.7 Å². The number of benzene rings is 1. The number of allylic oxidation sites excluding steroid dienone is 2. The van der Waals surface area contributed by atoms with Gasteiger partial charge in [-0.3, -0.25) is 0 Å². The number of hydrogen-bond acceptors (Lipinski definition) is 6. The Balaban J connectivity index is 2.24. The third-order valence-corrected chi connectivity index (χ3v) is 4.57. The number of ether oxygens (including phenoxy) is 3. The third kappa shape index (κ3) is 5.14. The lowest BCUT2D eigenvalue weighted by Crippen LogP contribution is -2.25. The number of nitrogens with zero attached hydrogens (tertiary/aromatic N) is 1. The van der Waals surface area contributed by atoms with Gasteiger partial charge in [0.15, 0.2) is 0 Å². The molecule has 1 heterocycles. The zero-order valence-corrected chi connectivity index (χ0v) is 16.8. The highest BCUT2D eigenvalue weighted by Crippen LogP contribution is 2.39. The molecular weight excluding hydrogens is 356 g/mol. The van der Waals surface area contributed by atoms with Crippen molar-refractivity contribution in [3.05, 3.63) is 58.2 Å². The summed E-state index contributed by atoms with van der Waals surface area (Å²) < 4.78 is 16.3. The van der Waals surface area contributed by atoms with Crippen molar-refractivity contribution in [2.75, 3.05) is 13.2 Å². The maximum absolute atomic E-state index is 12.5. The SMILES string of the molecule is CCCCCOCc1ccc(C2C(C#N)=C(N)OC(C)=C2C(=O)OCC)cc1. The van der Waals surface area contributed by atoms with Crippen molar-refractivity contribution in [1.82, 2.24) is 0 Å². The Kier molecular flexibility index (Phi) is 8.09. The number of rotatable bonds is 9. The summed E-state index contributed by atoms with van der Waals surface area (Å²) in [4.78, 5) is 12.5. The van der Waals surface area contributed by atoms with E-state index in [1.165, 1.54) is 0 Å². The highest BCUT2D eigenvalue weighted by atomic mass is 16.5. The zero-order chi connectivity index (χ0) is 20.5. The van der Waals surface area contributed by atoms with Gasteiger partial charge in [0, 0.05) is 6.61 Å². The Bertz CT molecular complexity index is 788. The molecule has 1 unspecified atom stereocenters. The average Bonchev–Trinajstić information content (AvgIpc) is 2.68. The molecule has 1 aromatic rings. The van der Waals surface area contributed by atoms with Crippen LogP contribution in [0.3, 0.4) is 0 Å². The van der Waals surface area contributed by atoms with Gasteiger partial charge in [-0.05, 0) is 31.4 Å². The number of nitrogens with two attached hydrogens (primary N) is 1. The fraction of sp³-hybridized carbons (Fsp3) is 0.455. The number of esters is 1. The number of carbonyl (C=O) groups excluding carboxylic acids is 1. The van der Waals surface area contributed by atoms with Crippen LogP contribution in [-0.2, 0) is 25.6 Å². The van der Waals surface area contributed by atoms with Crippen LogP contribution in [0.15, 0.2) is 47.1 Å². The summed E-state index contributed by atoms with van der Waals surface area (Å²) in [5.74, 6) is -0.754. The molecule has 6 heteroatoms. The molecule has 0 fully saturated rings. The van der Waals surface area contributed by atoms with E-state index < -0.39 is 11.9 Å². The van der Waals surface area contributed by atoms with Gasteiger partial charge in [-0.25, -0.2) is 4.79 Å². The Morgan fingerprint density at radius 1 is 1.25 bits per heavy atom. The van der Waals surface area contributed by atoms with E-state index in [0.717, 1.165) is 37.0 Å². The molecule has 0 saturated carbocycles. The van der Waals surface area contributed by atoms with Crippen LogP contribution in [-0.4, -0.2) is 19.2 Å². The maximum Gasteiger partial charge on any atom is 0.338 e. The number of carbonyl (C=O) groups is 1. The summed E-state index contributed by atoms with van der Waals surface area (Å²) >= 11 is 0. The molecule has 0 amide bonds. The van der Waals surface area contributed by atoms with E-state index in [0.29, 0.717) is 17.9 Å². The van der Waals surface area contributed by atoms with Crippen molar-refractivity contribution in [1.29, 1.82) is 5.26 Å². The number of nitriles is 1. The van der Waals surface area contributed by atoms with E-state index >= 15 is 0 Å². The third-order valence-electron chi connectivity index (χ3n) is 4.57. The predicted molar refractivity (Wildman–Crippen MR) is 106 cm³/mol. The van der Waals surface area contributed by atoms with E-state index in [1.807, 2.05) is 24.3 Å². The zero-order valence-electron chi connectivity index (χ0n) is 16.8. The van der Waals surface area contributed by atoms with Crippen LogP contribution in [0.2, 0.25) is 0 Å². The lowest BCUT2D eigenvalue weighted by atomic mass is 9.83. The van der Waals surface area contributed by atoms with Gasteiger partial charge >= 0.3 is 5.97 Å². The molecule has 0 bridgehead atoms. The second-order valence-corrected chi connectivity index (χ2v) is 6.62. The molecule has 0 saturated heterocycles. The van der Waals surface area contributed by atoms with Crippen LogP contribution < -0.4 is 5.73 Å². The molecule has 0 spiro atoms. The van der Waals surface area contributed by atoms with E-state index in [-0.39, 0.29) is 18.1 Å². The molecule has 2 rings (SSSR count). The molecule has 1 aromatic carbocycles.